The second-order valence-corrected chi connectivity index (χ2v) is 4.72. The van der Waals surface area contributed by atoms with Crippen LogP contribution in [0.1, 0.15) is 30.2 Å². The van der Waals surface area contributed by atoms with Gasteiger partial charge in [-0.25, -0.2) is 4.98 Å². The minimum Gasteiger partial charge on any atom is -0.360 e. The van der Waals surface area contributed by atoms with Crippen LogP contribution in [0.25, 0.3) is 0 Å². The van der Waals surface area contributed by atoms with Crippen LogP contribution in [-0.4, -0.2) is 35.9 Å². The van der Waals surface area contributed by atoms with Gasteiger partial charge in [0, 0.05) is 19.3 Å². The van der Waals surface area contributed by atoms with E-state index in [1.165, 1.54) is 5.56 Å². The van der Waals surface area contributed by atoms with Crippen LogP contribution in [0.5, 0.6) is 0 Å². The maximum atomic E-state index is 11.7. The number of carbonyl (C=O) groups is 1. The first-order valence-corrected chi connectivity index (χ1v) is 6.56. The van der Waals surface area contributed by atoms with Crippen LogP contribution in [-0.2, 0) is 17.6 Å². The SMILES string of the molecule is CCN(C)C(=O)CNc1nc2c(cc1C#N)CCC2. The maximum Gasteiger partial charge on any atom is 0.241 e. The maximum absolute atomic E-state index is 11.7. The molecule has 100 valence electrons. The molecule has 1 aliphatic rings. The number of aromatic nitrogens is 1. The van der Waals surface area contributed by atoms with Crippen molar-refractivity contribution in [1.82, 2.24) is 9.88 Å². The van der Waals surface area contributed by atoms with Crippen molar-refractivity contribution < 1.29 is 4.79 Å². The predicted molar refractivity (Wildman–Crippen MR) is 72.8 cm³/mol. The molecule has 1 amide bonds. The number of hydrogen-bond donors (Lipinski definition) is 1. The number of nitrogens with one attached hydrogen (secondary N) is 1. The first-order chi connectivity index (χ1) is 9.15. The third kappa shape index (κ3) is 2.84. The highest BCUT2D eigenvalue weighted by Crippen LogP contribution is 2.24. The van der Waals surface area contributed by atoms with Crippen LogP contribution < -0.4 is 5.32 Å². The van der Waals surface area contributed by atoms with E-state index in [1.54, 1.807) is 11.9 Å². The van der Waals surface area contributed by atoms with Gasteiger partial charge >= 0.3 is 0 Å². The Morgan fingerprint density at radius 2 is 2.37 bits per heavy atom. The van der Waals surface area contributed by atoms with E-state index in [2.05, 4.69) is 16.4 Å². The zero-order valence-electron chi connectivity index (χ0n) is 11.4. The Morgan fingerprint density at radius 1 is 1.58 bits per heavy atom. The minimum absolute atomic E-state index is 0.00584. The Balaban J connectivity index is 2.12. The van der Waals surface area contributed by atoms with E-state index in [0.717, 1.165) is 25.0 Å². The number of aryl methyl sites for hydroxylation is 2. The Bertz CT molecular complexity index is 533. The second kappa shape index (κ2) is 5.70. The third-order valence-electron chi connectivity index (χ3n) is 3.48. The summed E-state index contributed by atoms with van der Waals surface area (Å²) < 4.78 is 0. The van der Waals surface area contributed by atoms with Gasteiger partial charge < -0.3 is 10.2 Å². The summed E-state index contributed by atoms with van der Waals surface area (Å²) >= 11 is 0. The van der Waals surface area contributed by atoms with Crippen LogP contribution in [0.3, 0.4) is 0 Å². The molecule has 5 nitrogen and oxygen atoms in total. The molecule has 2 rings (SSSR count). The smallest absolute Gasteiger partial charge is 0.241 e. The Labute approximate surface area is 113 Å². The van der Waals surface area contributed by atoms with Gasteiger partial charge in [-0.3, -0.25) is 4.79 Å². The number of fused-ring (bicyclic) bond motifs is 1. The van der Waals surface area contributed by atoms with Crippen molar-refractivity contribution in [3.63, 3.8) is 0 Å². The second-order valence-electron chi connectivity index (χ2n) is 4.72. The topological polar surface area (TPSA) is 69.0 Å². The van der Waals surface area contributed by atoms with E-state index in [9.17, 15) is 4.79 Å². The highest BCUT2D eigenvalue weighted by atomic mass is 16.2. The average Bonchev–Trinajstić information content (AvgIpc) is 2.89. The van der Waals surface area contributed by atoms with Crippen LogP contribution >= 0.6 is 0 Å². The Morgan fingerprint density at radius 3 is 3.05 bits per heavy atom. The molecule has 1 aromatic heterocycles. The molecule has 0 saturated heterocycles. The molecule has 1 aromatic rings. The highest BCUT2D eigenvalue weighted by molar-refractivity contribution is 5.80. The minimum atomic E-state index is -0.00584. The van der Waals surface area contributed by atoms with Gasteiger partial charge in [-0.05, 0) is 37.8 Å². The molecule has 0 saturated carbocycles. The summed E-state index contributed by atoms with van der Waals surface area (Å²) in [6.07, 6.45) is 3.04. The monoisotopic (exact) mass is 258 g/mol. The zero-order chi connectivity index (χ0) is 13.8. The van der Waals surface area contributed by atoms with Crippen LogP contribution in [0, 0.1) is 11.3 Å². The number of rotatable bonds is 4. The molecule has 1 heterocycles. The standard InChI is InChI=1S/C14H18N4O/c1-3-18(2)13(19)9-16-14-11(8-15)7-10-5-4-6-12(10)17-14/h7H,3-6,9H2,1-2H3,(H,16,17). The molecule has 1 aliphatic carbocycles. The zero-order valence-corrected chi connectivity index (χ0v) is 11.4. The van der Waals surface area contributed by atoms with E-state index in [-0.39, 0.29) is 12.5 Å². The number of pyridine rings is 1. The average molecular weight is 258 g/mol. The lowest BCUT2D eigenvalue weighted by Crippen LogP contribution is -2.32. The van der Waals surface area contributed by atoms with Crippen molar-refractivity contribution in [2.24, 2.45) is 0 Å². The summed E-state index contributed by atoms with van der Waals surface area (Å²) in [5.41, 5.74) is 2.74. The number of carbonyl (C=O) groups excluding carboxylic acids is 1. The van der Waals surface area contributed by atoms with Crippen LogP contribution in [0.15, 0.2) is 6.07 Å². The number of nitrogens with zero attached hydrogens (tertiary/aromatic N) is 3. The molecule has 0 atom stereocenters. The van der Waals surface area contributed by atoms with E-state index in [1.807, 2.05) is 13.0 Å². The number of anilines is 1. The lowest BCUT2D eigenvalue weighted by Gasteiger charge is -2.15. The fourth-order valence-electron chi connectivity index (χ4n) is 2.16. The van der Waals surface area contributed by atoms with Gasteiger partial charge in [-0.1, -0.05) is 0 Å². The first kappa shape index (κ1) is 13.3. The van der Waals surface area contributed by atoms with Crippen molar-refractivity contribution in [2.45, 2.75) is 26.2 Å². The third-order valence-corrected chi connectivity index (χ3v) is 3.48. The molecular weight excluding hydrogens is 240 g/mol. The summed E-state index contributed by atoms with van der Waals surface area (Å²) in [5.74, 6) is 0.523. The molecule has 0 fully saturated rings. The largest absolute Gasteiger partial charge is 0.360 e. The van der Waals surface area contributed by atoms with Crippen molar-refractivity contribution in [3.05, 3.63) is 22.9 Å². The lowest BCUT2D eigenvalue weighted by atomic mass is 10.1. The van der Waals surface area contributed by atoms with E-state index < -0.39 is 0 Å². The van der Waals surface area contributed by atoms with Gasteiger partial charge in [-0.2, -0.15) is 5.26 Å². The van der Waals surface area contributed by atoms with Crippen molar-refractivity contribution in [2.75, 3.05) is 25.5 Å². The summed E-state index contributed by atoms with van der Waals surface area (Å²) in [6, 6.07) is 4.04. The summed E-state index contributed by atoms with van der Waals surface area (Å²) in [4.78, 5) is 17.8. The van der Waals surface area contributed by atoms with Crippen molar-refractivity contribution in [3.8, 4) is 6.07 Å². The Hall–Kier alpha value is -2.09. The molecule has 5 heteroatoms. The molecule has 0 radical (unpaired) electrons. The van der Waals surface area contributed by atoms with Gasteiger partial charge in [0.1, 0.15) is 11.9 Å². The fourth-order valence-corrected chi connectivity index (χ4v) is 2.16. The highest BCUT2D eigenvalue weighted by Gasteiger charge is 2.17. The van der Waals surface area contributed by atoms with Crippen LogP contribution in [0.4, 0.5) is 5.82 Å². The quantitative estimate of drug-likeness (QED) is 0.884. The van der Waals surface area contributed by atoms with E-state index in [4.69, 9.17) is 5.26 Å². The Kier molecular flexibility index (Phi) is 4.00. The van der Waals surface area contributed by atoms with Gasteiger partial charge in [0.15, 0.2) is 0 Å². The molecule has 0 bridgehead atoms. The number of likely N-dealkylation sites (N-methyl/N-ethyl adjacent to an activating group) is 1. The van der Waals surface area contributed by atoms with Crippen molar-refractivity contribution >= 4 is 11.7 Å². The number of hydrogen-bond acceptors (Lipinski definition) is 4. The fraction of sp³-hybridized carbons (Fsp3) is 0.500. The molecule has 1 N–H and O–H groups in total. The van der Waals surface area contributed by atoms with E-state index in [0.29, 0.717) is 17.9 Å². The summed E-state index contributed by atoms with van der Waals surface area (Å²) in [6.45, 7) is 2.76. The first-order valence-electron chi connectivity index (χ1n) is 6.56. The number of nitriles is 1. The molecular formula is C14H18N4O. The van der Waals surface area contributed by atoms with Gasteiger partial charge in [0.2, 0.25) is 5.91 Å². The van der Waals surface area contributed by atoms with Crippen LogP contribution in [0.2, 0.25) is 0 Å². The lowest BCUT2D eigenvalue weighted by molar-refractivity contribution is -0.127. The number of amides is 1. The molecule has 0 aliphatic heterocycles. The molecule has 0 aromatic carbocycles. The summed E-state index contributed by atoms with van der Waals surface area (Å²) in [5, 5.41) is 12.1. The van der Waals surface area contributed by atoms with Gasteiger partial charge in [0.25, 0.3) is 0 Å². The molecule has 19 heavy (non-hydrogen) atoms. The normalized spacial score (nSPS) is 12.7. The summed E-state index contributed by atoms with van der Waals surface area (Å²) in [7, 11) is 1.76. The van der Waals surface area contributed by atoms with Crippen molar-refractivity contribution in [1.29, 1.82) is 5.26 Å². The molecule has 0 spiro atoms. The van der Waals surface area contributed by atoms with Gasteiger partial charge in [-0.15, -0.1) is 0 Å². The predicted octanol–water partition coefficient (Wildman–Crippen LogP) is 1.33. The molecule has 0 unspecified atom stereocenters. The van der Waals surface area contributed by atoms with E-state index >= 15 is 0 Å². The van der Waals surface area contributed by atoms with Gasteiger partial charge in [0.05, 0.1) is 12.1 Å².